The SMILES string of the molecule is NCCN1CCN(CCNCCN2CCN(CCN)C2=O)C1=O. The van der Waals surface area contributed by atoms with Crippen molar-refractivity contribution in [3.63, 3.8) is 0 Å². The predicted octanol–water partition coefficient (Wildman–Crippen LogP) is -2.03. The van der Waals surface area contributed by atoms with Gasteiger partial charge in [0.05, 0.1) is 0 Å². The lowest BCUT2D eigenvalue weighted by Gasteiger charge is -2.20. The molecule has 2 aliphatic heterocycles. The third-order valence-electron chi connectivity index (χ3n) is 4.28. The maximum Gasteiger partial charge on any atom is 0.320 e. The van der Waals surface area contributed by atoms with Crippen LogP contribution in [0, 0.1) is 0 Å². The van der Waals surface area contributed by atoms with E-state index < -0.39 is 0 Å². The van der Waals surface area contributed by atoms with Gasteiger partial charge in [-0.1, -0.05) is 0 Å². The highest BCUT2D eigenvalue weighted by molar-refractivity contribution is 5.77. The van der Waals surface area contributed by atoms with Gasteiger partial charge in [0.15, 0.2) is 0 Å². The van der Waals surface area contributed by atoms with Crippen molar-refractivity contribution in [3.05, 3.63) is 0 Å². The molecule has 2 saturated heterocycles. The fourth-order valence-electron chi connectivity index (χ4n) is 2.96. The standard InChI is InChI=1S/C14H29N7O2/c15-1-5-18-9-11-20(13(18)22)7-3-17-4-8-21-12-10-19(6-2-16)14(21)23/h17H,1-12,15-16H2. The van der Waals surface area contributed by atoms with Gasteiger partial charge in [-0.15, -0.1) is 0 Å². The van der Waals surface area contributed by atoms with Crippen LogP contribution in [0.5, 0.6) is 0 Å². The molecule has 0 saturated carbocycles. The Hall–Kier alpha value is -1.58. The zero-order chi connectivity index (χ0) is 16.7. The van der Waals surface area contributed by atoms with Gasteiger partial charge < -0.3 is 36.4 Å². The quantitative estimate of drug-likeness (QED) is 0.401. The number of urea groups is 2. The number of carbonyl (C=O) groups is 2. The zero-order valence-corrected chi connectivity index (χ0v) is 13.7. The molecule has 5 N–H and O–H groups in total. The first-order valence-electron chi connectivity index (χ1n) is 8.36. The molecule has 0 radical (unpaired) electrons. The minimum Gasteiger partial charge on any atom is -0.329 e. The number of carbonyl (C=O) groups excluding carboxylic acids is 2. The van der Waals surface area contributed by atoms with Crippen molar-refractivity contribution in [2.45, 2.75) is 0 Å². The van der Waals surface area contributed by atoms with Crippen LogP contribution in [0.4, 0.5) is 9.59 Å². The van der Waals surface area contributed by atoms with Crippen molar-refractivity contribution in [2.24, 2.45) is 11.5 Å². The maximum atomic E-state index is 12.0. The molecule has 0 unspecified atom stereocenters. The van der Waals surface area contributed by atoms with E-state index in [1.165, 1.54) is 0 Å². The Morgan fingerprint density at radius 3 is 1.39 bits per heavy atom. The van der Waals surface area contributed by atoms with E-state index in [9.17, 15) is 9.59 Å². The van der Waals surface area contributed by atoms with E-state index in [0.29, 0.717) is 39.3 Å². The monoisotopic (exact) mass is 327 g/mol. The molecule has 2 fully saturated rings. The number of amides is 4. The molecule has 0 aliphatic carbocycles. The van der Waals surface area contributed by atoms with E-state index in [1.54, 1.807) is 9.80 Å². The number of hydrogen-bond acceptors (Lipinski definition) is 5. The summed E-state index contributed by atoms with van der Waals surface area (Å²) in [6, 6.07) is 0.147. The van der Waals surface area contributed by atoms with Crippen LogP contribution in [0.25, 0.3) is 0 Å². The Bertz CT molecular complexity index is 371. The number of rotatable bonds is 10. The Balaban J connectivity index is 1.56. The average molecular weight is 327 g/mol. The molecular formula is C14H29N7O2. The molecule has 23 heavy (non-hydrogen) atoms. The van der Waals surface area contributed by atoms with Crippen molar-refractivity contribution in [2.75, 3.05) is 78.5 Å². The van der Waals surface area contributed by atoms with Gasteiger partial charge in [-0.25, -0.2) is 9.59 Å². The highest BCUT2D eigenvalue weighted by Gasteiger charge is 2.28. The van der Waals surface area contributed by atoms with Gasteiger partial charge in [0.1, 0.15) is 0 Å². The summed E-state index contributed by atoms with van der Waals surface area (Å²) in [6.45, 7) is 8.14. The summed E-state index contributed by atoms with van der Waals surface area (Å²) in [5, 5.41) is 3.30. The molecule has 0 atom stereocenters. The Morgan fingerprint density at radius 2 is 1.04 bits per heavy atom. The summed E-state index contributed by atoms with van der Waals surface area (Å²) in [4.78, 5) is 31.3. The van der Waals surface area contributed by atoms with Gasteiger partial charge in [-0.3, -0.25) is 0 Å². The first-order valence-corrected chi connectivity index (χ1v) is 8.36. The van der Waals surface area contributed by atoms with Crippen LogP contribution >= 0.6 is 0 Å². The second kappa shape index (κ2) is 8.90. The molecule has 2 aliphatic rings. The minimum atomic E-state index is 0.0735. The van der Waals surface area contributed by atoms with Gasteiger partial charge in [-0.2, -0.15) is 0 Å². The van der Waals surface area contributed by atoms with Crippen LogP contribution in [-0.4, -0.2) is 110 Å². The minimum absolute atomic E-state index is 0.0735. The lowest BCUT2D eigenvalue weighted by Crippen LogP contribution is -2.40. The number of nitrogens with zero attached hydrogens (tertiary/aromatic N) is 4. The molecule has 9 heteroatoms. The van der Waals surface area contributed by atoms with E-state index in [2.05, 4.69) is 5.32 Å². The highest BCUT2D eigenvalue weighted by atomic mass is 16.2. The second-order valence-electron chi connectivity index (χ2n) is 5.84. The van der Waals surface area contributed by atoms with E-state index in [0.717, 1.165) is 39.3 Å². The van der Waals surface area contributed by atoms with Crippen molar-refractivity contribution in [3.8, 4) is 0 Å². The molecule has 2 heterocycles. The fourth-order valence-corrected chi connectivity index (χ4v) is 2.96. The summed E-state index contributed by atoms with van der Waals surface area (Å²) in [5.41, 5.74) is 11.0. The summed E-state index contributed by atoms with van der Waals surface area (Å²) in [6.07, 6.45) is 0. The van der Waals surface area contributed by atoms with E-state index in [1.807, 2.05) is 9.80 Å². The molecule has 0 spiro atoms. The van der Waals surface area contributed by atoms with Crippen LogP contribution in [0.2, 0.25) is 0 Å². The number of hydrogen-bond donors (Lipinski definition) is 3. The van der Waals surface area contributed by atoms with Crippen LogP contribution in [-0.2, 0) is 0 Å². The maximum absolute atomic E-state index is 12.0. The van der Waals surface area contributed by atoms with Crippen LogP contribution < -0.4 is 16.8 Å². The molecule has 132 valence electrons. The zero-order valence-electron chi connectivity index (χ0n) is 13.7. The van der Waals surface area contributed by atoms with Gasteiger partial charge in [0.2, 0.25) is 0 Å². The Morgan fingerprint density at radius 1 is 0.696 bits per heavy atom. The predicted molar refractivity (Wildman–Crippen MR) is 88.1 cm³/mol. The molecule has 4 amide bonds. The summed E-state index contributed by atoms with van der Waals surface area (Å²) >= 11 is 0. The first-order chi connectivity index (χ1) is 11.2. The summed E-state index contributed by atoms with van der Waals surface area (Å²) in [5.74, 6) is 0. The van der Waals surface area contributed by atoms with Crippen molar-refractivity contribution >= 4 is 12.1 Å². The highest BCUT2D eigenvalue weighted by Crippen LogP contribution is 2.07. The average Bonchev–Trinajstić information content (AvgIpc) is 3.06. The Kier molecular flexibility index (Phi) is 6.87. The largest absolute Gasteiger partial charge is 0.329 e. The van der Waals surface area contributed by atoms with E-state index in [4.69, 9.17) is 11.5 Å². The van der Waals surface area contributed by atoms with Gasteiger partial charge >= 0.3 is 12.1 Å². The van der Waals surface area contributed by atoms with Crippen LogP contribution in [0.15, 0.2) is 0 Å². The van der Waals surface area contributed by atoms with Crippen molar-refractivity contribution in [1.29, 1.82) is 0 Å². The molecular weight excluding hydrogens is 298 g/mol. The molecule has 0 bridgehead atoms. The topological polar surface area (TPSA) is 111 Å². The lowest BCUT2D eigenvalue weighted by atomic mass is 10.5. The molecule has 2 rings (SSSR count). The summed E-state index contributed by atoms with van der Waals surface area (Å²) in [7, 11) is 0. The number of nitrogens with one attached hydrogen (secondary N) is 1. The third-order valence-corrected chi connectivity index (χ3v) is 4.28. The van der Waals surface area contributed by atoms with E-state index in [-0.39, 0.29) is 12.1 Å². The second-order valence-corrected chi connectivity index (χ2v) is 5.84. The Labute approximate surface area is 137 Å². The van der Waals surface area contributed by atoms with Gasteiger partial charge in [0, 0.05) is 78.5 Å². The number of nitrogens with two attached hydrogens (primary N) is 2. The van der Waals surface area contributed by atoms with Crippen molar-refractivity contribution in [1.82, 2.24) is 24.9 Å². The van der Waals surface area contributed by atoms with Gasteiger partial charge in [0.25, 0.3) is 0 Å². The smallest absolute Gasteiger partial charge is 0.320 e. The normalized spacial score (nSPS) is 18.7. The third kappa shape index (κ3) is 4.69. The molecule has 0 aromatic carbocycles. The van der Waals surface area contributed by atoms with Crippen LogP contribution in [0.3, 0.4) is 0 Å². The molecule has 9 nitrogen and oxygen atoms in total. The molecule has 0 aromatic rings. The van der Waals surface area contributed by atoms with Crippen LogP contribution in [0.1, 0.15) is 0 Å². The van der Waals surface area contributed by atoms with Gasteiger partial charge in [-0.05, 0) is 0 Å². The summed E-state index contributed by atoms with van der Waals surface area (Å²) < 4.78 is 0. The first kappa shape index (κ1) is 17.8. The van der Waals surface area contributed by atoms with Crippen molar-refractivity contribution < 1.29 is 9.59 Å². The van der Waals surface area contributed by atoms with E-state index >= 15 is 0 Å². The molecule has 0 aromatic heterocycles. The lowest BCUT2D eigenvalue weighted by molar-refractivity contribution is 0.191. The fraction of sp³-hybridized carbons (Fsp3) is 0.857.